The maximum Gasteiger partial charge on any atom is 0.419 e. The highest BCUT2D eigenvalue weighted by molar-refractivity contribution is 5.74. The zero-order valence-corrected chi connectivity index (χ0v) is 13.7. The lowest BCUT2D eigenvalue weighted by Crippen LogP contribution is -2.49. The molecule has 0 spiro atoms. The van der Waals surface area contributed by atoms with E-state index in [1.165, 1.54) is 11.1 Å². The number of alkyl halides is 3. The van der Waals surface area contributed by atoms with E-state index < -0.39 is 30.8 Å². The Bertz CT molecular complexity index is 693. The third kappa shape index (κ3) is 2.78. The standard InChI is InChI=1S/C18H21F3N2O2/c19-18(20,21)17(25)7-8-23(10-17)16(24)22-9-14-13-6-5-11-3-1-2-4-12(11)15(13)14/h1-4,13-15,25H,5-10H2,(H,22,24)/t13-,14+,15-,17+/m0/s1. The van der Waals surface area contributed by atoms with E-state index in [0.29, 0.717) is 24.3 Å². The Morgan fingerprint density at radius 3 is 2.84 bits per heavy atom. The molecule has 4 rings (SSSR count). The molecule has 1 heterocycles. The van der Waals surface area contributed by atoms with Crippen LogP contribution in [0.5, 0.6) is 0 Å². The van der Waals surface area contributed by atoms with Crippen molar-refractivity contribution in [2.45, 2.75) is 37.0 Å². The Hall–Kier alpha value is -1.76. The van der Waals surface area contributed by atoms with Crippen molar-refractivity contribution >= 4 is 6.03 Å². The molecule has 2 aliphatic carbocycles. The fourth-order valence-electron chi connectivity index (χ4n) is 4.50. The number of aliphatic hydroxyl groups is 1. The number of urea groups is 1. The molecule has 0 radical (unpaired) electrons. The molecule has 7 heteroatoms. The second kappa shape index (κ2) is 5.62. The van der Waals surface area contributed by atoms with Crippen molar-refractivity contribution < 1.29 is 23.1 Å². The SMILES string of the molecule is O=C(NC[C@@H]1[C@@H]2CCc3ccccc3[C@H]12)N1CC[C@](O)(C(F)(F)F)C1. The van der Waals surface area contributed by atoms with Crippen molar-refractivity contribution in [2.24, 2.45) is 11.8 Å². The maximum atomic E-state index is 12.8. The van der Waals surface area contributed by atoms with Gasteiger partial charge < -0.3 is 15.3 Å². The first-order valence-electron chi connectivity index (χ1n) is 8.70. The van der Waals surface area contributed by atoms with E-state index in [1.54, 1.807) is 0 Å². The topological polar surface area (TPSA) is 52.6 Å². The van der Waals surface area contributed by atoms with Crippen LogP contribution in [0.1, 0.15) is 29.9 Å². The van der Waals surface area contributed by atoms with Crippen molar-refractivity contribution in [2.75, 3.05) is 19.6 Å². The minimum Gasteiger partial charge on any atom is -0.379 e. The van der Waals surface area contributed by atoms with Crippen molar-refractivity contribution in [3.8, 4) is 0 Å². The van der Waals surface area contributed by atoms with Crippen molar-refractivity contribution in [1.82, 2.24) is 10.2 Å². The summed E-state index contributed by atoms with van der Waals surface area (Å²) >= 11 is 0. The van der Waals surface area contributed by atoms with Gasteiger partial charge in [0.05, 0.1) is 6.54 Å². The van der Waals surface area contributed by atoms with Crippen LogP contribution < -0.4 is 5.32 Å². The summed E-state index contributed by atoms with van der Waals surface area (Å²) in [6, 6.07) is 7.82. The van der Waals surface area contributed by atoms with Gasteiger partial charge in [0.1, 0.15) is 0 Å². The van der Waals surface area contributed by atoms with Gasteiger partial charge >= 0.3 is 12.2 Å². The molecule has 2 amide bonds. The summed E-state index contributed by atoms with van der Waals surface area (Å²) in [6.45, 7) is -0.297. The molecule has 136 valence electrons. The molecular formula is C18H21F3N2O2. The molecule has 1 saturated heterocycles. The number of fused-ring (bicyclic) bond motifs is 3. The van der Waals surface area contributed by atoms with Crippen LogP contribution in [-0.2, 0) is 6.42 Å². The van der Waals surface area contributed by atoms with Gasteiger partial charge in [-0.05, 0) is 41.7 Å². The molecular weight excluding hydrogens is 333 g/mol. The normalized spacial score (nSPS) is 33.6. The van der Waals surface area contributed by atoms with Gasteiger partial charge in [0.25, 0.3) is 0 Å². The predicted molar refractivity (Wildman–Crippen MR) is 85.1 cm³/mol. The number of hydrogen-bond donors (Lipinski definition) is 2. The molecule has 1 aromatic carbocycles. The van der Waals surface area contributed by atoms with Gasteiger partial charge in [0.15, 0.2) is 5.60 Å². The highest BCUT2D eigenvalue weighted by Gasteiger charge is 2.58. The van der Waals surface area contributed by atoms with Crippen LogP contribution in [0.3, 0.4) is 0 Å². The van der Waals surface area contributed by atoms with Crippen LogP contribution in [-0.4, -0.2) is 47.4 Å². The Morgan fingerprint density at radius 1 is 1.36 bits per heavy atom. The number of carbonyl (C=O) groups excluding carboxylic acids is 1. The number of β-amino-alcohol motifs (C(OH)–C–C–N with tert-alkyl or cyclic N) is 1. The zero-order chi connectivity index (χ0) is 17.8. The summed E-state index contributed by atoms with van der Waals surface area (Å²) in [7, 11) is 0. The monoisotopic (exact) mass is 354 g/mol. The number of aryl methyl sites for hydroxylation is 1. The number of halogens is 3. The average Bonchev–Trinajstić information content (AvgIpc) is 3.14. The minimum atomic E-state index is -4.71. The van der Waals surface area contributed by atoms with Crippen molar-refractivity contribution in [3.05, 3.63) is 35.4 Å². The average molecular weight is 354 g/mol. The zero-order valence-electron chi connectivity index (χ0n) is 13.7. The van der Waals surface area contributed by atoms with E-state index in [-0.39, 0.29) is 6.54 Å². The van der Waals surface area contributed by atoms with Crippen molar-refractivity contribution in [3.63, 3.8) is 0 Å². The Labute approximate surface area is 144 Å². The summed E-state index contributed by atoms with van der Waals surface area (Å²) in [6.07, 6.45) is -3.03. The van der Waals surface area contributed by atoms with Gasteiger partial charge in [-0.2, -0.15) is 13.2 Å². The van der Waals surface area contributed by atoms with Crippen molar-refractivity contribution in [1.29, 1.82) is 0 Å². The van der Waals surface area contributed by atoms with Crippen LogP contribution in [0.2, 0.25) is 0 Å². The second-order valence-corrected chi connectivity index (χ2v) is 7.48. The largest absolute Gasteiger partial charge is 0.419 e. The highest BCUT2D eigenvalue weighted by atomic mass is 19.4. The summed E-state index contributed by atoms with van der Waals surface area (Å²) in [5.41, 5.74) is -0.0606. The van der Waals surface area contributed by atoms with Crippen LogP contribution in [0.15, 0.2) is 24.3 Å². The first-order valence-corrected chi connectivity index (χ1v) is 8.70. The minimum absolute atomic E-state index is 0.0812. The van der Waals surface area contributed by atoms with E-state index in [0.717, 1.165) is 17.7 Å². The second-order valence-electron chi connectivity index (χ2n) is 7.48. The van der Waals surface area contributed by atoms with Gasteiger partial charge in [-0.3, -0.25) is 0 Å². The number of nitrogens with zero attached hydrogens (tertiary/aromatic N) is 1. The lowest BCUT2D eigenvalue weighted by molar-refractivity contribution is -0.253. The third-order valence-corrected chi connectivity index (χ3v) is 6.04. The van der Waals surface area contributed by atoms with Gasteiger partial charge in [-0.25, -0.2) is 4.79 Å². The Morgan fingerprint density at radius 2 is 2.12 bits per heavy atom. The summed E-state index contributed by atoms with van der Waals surface area (Å²) in [5, 5.41) is 12.4. The van der Waals surface area contributed by atoms with Gasteiger partial charge in [-0.1, -0.05) is 24.3 Å². The number of rotatable bonds is 2. The number of hydrogen-bond acceptors (Lipinski definition) is 2. The molecule has 1 aliphatic heterocycles. The molecule has 0 unspecified atom stereocenters. The Balaban J connectivity index is 1.33. The molecule has 1 aromatic rings. The summed E-state index contributed by atoms with van der Waals surface area (Å²) in [5.74, 6) is 1.37. The molecule has 4 nitrogen and oxygen atoms in total. The number of nitrogens with one attached hydrogen (secondary N) is 1. The van der Waals surface area contributed by atoms with E-state index in [1.807, 2.05) is 12.1 Å². The first kappa shape index (κ1) is 16.7. The Kier molecular flexibility index (Phi) is 3.76. The molecule has 1 saturated carbocycles. The van der Waals surface area contributed by atoms with Crippen LogP contribution in [0, 0.1) is 11.8 Å². The fourth-order valence-corrected chi connectivity index (χ4v) is 4.50. The highest BCUT2D eigenvalue weighted by Crippen LogP contribution is 2.59. The van der Waals surface area contributed by atoms with Gasteiger partial charge in [0, 0.05) is 19.5 Å². The van der Waals surface area contributed by atoms with E-state index in [9.17, 15) is 23.1 Å². The summed E-state index contributed by atoms with van der Waals surface area (Å²) in [4.78, 5) is 13.2. The lowest BCUT2D eigenvalue weighted by Gasteiger charge is -2.26. The first-order chi connectivity index (χ1) is 11.8. The smallest absolute Gasteiger partial charge is 0.379 e. The number of amides is 2. The van der Waals surface area contributed by atoms with Crippen LogP contribution in [0.25, 0.3) is 0 Å². The van der Waals surface area contributed by atoms with E-state index in [2.05, 4.69) is 17.4 Å². The number of carbonyl (C=O) groups is 1. The molecule has 0 aromatic heterocycles. The lowest BCUT2D eigenvalue weighted by atomic mass is 9.92. The summed E-state index contributed by atoms with van der Waals surface area (Å²) < 4.78 is 38.5. The molecule has 2 N–H and O–H groups in total. The maximum absolute atomic E-state index is 12.8. The third-order valence-electron chi connectivity index (χ3n) is 6.04. The van der Waals surface area contributed by atoms with E-state index >= 15 is 0 Å². The molecule has 0 bridgehead atoms. The number of likely N-dealkylation sites (tertiary alicyclic amines) is 1. The van der Waals surface area contributed by atoms with Gasteiger partial charge in [-0.15, -0.1) is 0 Å². The molecule has 3 aliphatic rings. The van der Waals surface area contributed by atoms with Crippen LogP contribution in [0.4, 0.5) is 18.0 Å². The fraction of sp³-hybridized carbons (Fsp3) is 0.611. The van der Waals surface area contributed by atoms with Gasteiger partial charge in [0.2, 0.25) is 0 Å². The predicted octanol–water partition coefficient (Wildman–Crippen LogP) is 2.67. The molecule has 2 fully saturated rings. The number of benzene rings is 1. The quantitative estimate of drug-likeness (QED) is 0.858. The molecule has 25 heavy (non-hydrogen) atoms. The van der Waals surface area contributed by atoms with Crippen LogP contribution >= 0.6 is 0 Å². The van der Waals surface area contributed by atoms with E-state index in [4.69, 9.17) is 0 Å². The molecule has 4 atom stereocenters.